The van der Waals surface area contributed by atoms with Crippen molar-refractivity contribution in [2.45, 2.75) is 36.8 Å². The number of nitrogens with one attached hydrogen (secondary N) is 1. The summed E-state index contributed by atoms with van der Waals surface area (Å²) in [7, 11) is 0. The van der Waals surface area contributed by atoms with Crippen LogP contribution in [0.2, 0.25) is 5.02 Å². The van der Waals surface area contributed by atoms with Crippen LogP contribution in [-0.4, -0.2) is 50.8 Å². The van der Waals surface area contributed by atoms with Crippen LogP contribution in [0.5, 0.6) is 0 Å². The van der Waals surface area contributed by atoms with E-state index in [1.54, 1.807) is 12.5 Å². The monoisotopic (exact) mass is 437 g/mol. The maximum atomic E-state index is 13.4. The van der Waals surface area contributed by atoms with Crippen LogP contribution in [-0.2, 0) is 4.79 Å². The van der Waals surface area contributed by atoms with Gasteiger partial charge in [-0.15, -0.1) is 0 Å². The minimum absolute atomic E-state index is 0.0554. The van der Waals surface area contributed by atoms with Gasteiger partial charge in [-0.05, 0) is 49.1 Å². The number of aromatic nitrogens is 2. The third-order valence-corrected chi connectivity index (χ3v) is 6.65. The maximum absolute atomic E-state index is 13.4. The van der Waals surface area contributed by atoms with E-state index in [-0.39, 0.29) is 23.8 Å². The van der Waals surface area contributed by atoms with Gasteiger partial charge in [0.05, 0.1) is 35.2 Å². The van der Waals surface area contributed by atoms with Gasteiger partial charge in [-0.3, -0.25) is 9.59 Å². The molecule has 160 valence electrons. The van der Waals surface area contributed by atoms with Crippen LogP contribution >= 0.6 is 11.6 Å². The molecule has 1 saturated carbocycles. The highest BCUT2D eigenvalue weighted by Crippen LogP contribution is 2.35. The number of piperidine rings is 1. The zero-order valence-corrected chi connectivity index (χ0v) is 17.8. The molecule has 3 aromatic rings. The fourth-order valence-corrected chi connectivity index (χ4v) is 4.59. The Balaban J connectivity index is 1.42. The molecule has 2 atom stereocenters. The van der Waals surface area contributed by atoms with E-state index < -0.39 is 5.54 Å². The minimum atomic E-state index is -0.769. The van der Waals surface area contributed by atoms with Crippen LogP contribution in [0.25, 0.3) is 5.52 Å². The Labute approximate surface area is 185 Å². The first-order valence-corrected chi connectivity index (χ1v) is 10.9. The lowest BCUT2D eigenvalue weighted by Gasteiger charge is -2.39. The number of rotatable bonds is 4. The smallest absolute Gasteiger partial charge is 0.256 e. The molecule has 31 heavy (non-hydrogen) atoms. The first-order valence-electron chi connectivity index (χ1n) is 10.5. The second kappa shape index (κ2) is 7.66. The van der Waals surface area contributed by atoms with Crippen molar-refractivity contribution in [1.29, 1.82) is 0 Å². The highest BCUT2D eigenvalue weighted by atomic mass is 35.5. The van der Waals surface area contributed by atoms with Crippen molar-refractivity contribution in [2.24, 2.45) is 5.73 Å². The summed E-state index contributed by atoms with van der Waals surface area (Å²) < 4.78 is 1.83. The molecule has 2 fully saturated rings. The Morgan fingerprint density at radius 2 is 2.06 bits per heavy atom. The highest BCUT2D eigenvalue weighted by Gasteiger charge is 2.47. The predicted molar refractivity (Wildman–Crippen MR) is 118 cm³/mol. The number of likely N-dealkylation sites (tertiary alicyclic amines) is 1. The summed E-state index contributed by atoms with van der Waals surface area (Å²) in [6, 6.07) is 11.1. The van der Waals surface area contributed by atoms with Gasteiger partial charge >= 0.3 is 0 Å². The van der Waals surface area contributed by atoms with Crippen molar-refractivity contribution < 1.29 is 9.59 Å². The van der Waals surface area contributed by atoms with Crippen molar-refractivity contribution >= 4 is 28.9 Å². The van der Waals surface area contributed by atoms with Crippen LogP contribution < -0.4 is 11.1 Å². The average Bonchev–Trinajstić information content (AvgIpc) is 3.34. The van der Waals surface area contributed by atoms with Crippen LogP contribution in [0.15, 0.2) is 55.1 Å². The summed E-state index contributed by atoms with van der Waals surface area (Å²) in [4.78, 5) is 32.1. The Bertz CT molecular complexity index is 1160. The lowest BCUT2D eigenvalue weighted by atomic mass is 9.84. The van der Waals surface area contributed by atoms with E-state index in [4.69, 9.17) is 17.3 Å². The molecule has 3 N–H and O–H groups in total. The van der Waals surface area contributed by atoms with Crippen molar-refractivity contribution in [2.75, 3.05) is 13.1 Å². The number of fused-ring (bicyclic) bond motifs is 1. The molecule has 1 aliphatic heterocycles. The Kier molecular flexibility index (Phi) is 4.95. The van der Waals surface area contributed by atoms with Crippen LogP contribution in [0.4, 0.5) is 0 Å². The summed E-state index contributed by atoms with van der Waals surface area (Å²) in [6.45, 7) is 0.998. The SMILES string of the molecule is NC1(C(=O)N[C@@H]2CN(C(=O)c3cccn4cncc34)CC[C@H]2c2cccc(Cl)c2)CC1. The fraction of sp³-hybridized carbons (Fsp3) is 0.348. The van der Waals surface area contributed by atoms with Crippen LogP contribution in [0.1, 0.15) is 41.1 Å². The van der Waals surface area contributed by atoms with Crippen LogP contribution in [0.3, 0.4) is 0 Å². The normalized spacial score (nSPS) is 22.3. The zero-order chi connectivity index (χ0) is 21.6. The molecular formula is C23H24ClN5O2. The van der Waals surface area contributed by atoms with E-state index in [0.29, 0.717) is 36.5 Å². The second-order valence-corrected chi connectivity index (χ2v) is 8.98. The topological polar surface area (TPSA) is 92.7 Å². The summed E-state index contributed by atoms with van der Waals surface area (Å²) in [5.74, 6) is -0.152. The molecule has 2 aromatic heterocycles. The summed E-state index contributed by atoms with van der Waals surface area (Å²) in [5.41, 5.74) is 7.79. The predicted octanol–water partition coefficient (Wildman–Crippen LogP) is 2.59. The third-order valence-electron chi connectivity index (χ3n) is 6.42. The Morgan fingerprint density at radius 1 is 1.23 bits per heavy atom. The number of pyridine rings is 1. The quantitative estimate of drug-likeness (QED) is 0.656. The molecule has 8 heteroatoms. The standard InChI is InChI=1S/C23H24ClN5O2/c24-16-4-1-3-15(11-16)17-6-10-28(13-19(17)27-22(31)23(25)7-8-23)21(30)18-5-2-9-29-14-26-12-20(18)29/h1-5,9,11-12,14,17,19H,6-8,10,13,25H2,(H,27,31)/t17-,19+/m0/s1. The van der Waals surface area contributed by atoms with Gasteiger partial charge in [0.1, 0.15) is 0 Å². The Hall–Kier alpha value is -2.90. The molecule has 1 saturated heterocycles. The molecule has 7 nitrogen and oxygen atoms in total. The zero-order valence-electron chi connectivity index (χ0n) is 17.0. The molecule has 0 bridgehead atoms. The number of benzene rings is 1. The summed E-state index contributed by atoms with van der Waals surface area (Å²) in [6.07, 6.45) is 7.34. The average molecular weight is 438 g/mol. The second-order valence-electron chi connectivity index (χ2n) is 8.55. The maximum Gasteiger partial charge on any atom is 0.256 e. The van der Waals surface area contributed by atoms with Gasteiger partial charge in [-0.25, -0.2) is 4.98 Å². The highest BCUT2D eigenvalue weighted by molar-refractivity contribution is 6.30. The van der Waals surface area contributed by atoms with E-state index in [1.165, 1.54) is 0 Å². The molecule has 1 aromatic carbocycles. The number of imidazole rings is 1. The van der Waals surface area contributed by atoms with Crippen molar-refractivity contribution in [3.63, 3.8) is 0 Å². The number of halogens is 1. The summed E-state index contributed by atoms with van der Waals surface area (Å²) >= 11 is 6.22. The van der Waals surface area contributed by atoms with E-state index in [9.17, 15) is 9.59 Å². The molecule has 1 aliphatic carbocycles. The van der Waals surface area contributed by atoms with Crippen LogP contribution in [0, 0.1) is 0 Å². The molecule has 0 radical (unpaired) electrons. The van der Waals surface area contributed by atoms with E-state index in [1.807, 2.05) is 51.9 Å². The molecule has 2 amide bonds. The van der Waals surface area contributed by atoms with E-state index in [2.05, 4.69) is 10.3 Å². The number of nitrogens with zero attached hydrogens (tertiary/aromatic N) is 3. The van der Waals surface area contributed by atoms with E-state index >= 15 is 0 Å². The first-order chi connectivity index (χ1) is 14.9. The van der Waals surface area contributed by atoms with Gasteiger partial charge in [-0.1, -0.05) is 23.7 Å². The van der Waals surface area contributed by atoms with Gasteiger partial charge < -0.3 is 20.4 Å². The van der Waals surface area contributed by atoms with Gasteiger partial charge in [0, 0.05) is 30.2 Å². The van der Waals surface area contributed by atoms with E-state index in [0.717, 1.165) is 17.5 Å². The lowest BCUT2D eigenvalue weighted by Crippen LogP contribution is -2.56. The third kappa shape index (κ3) is 3.79. The molecule has 0 unspecified atom stereocenters. The molecule has 2 aliphatic rings. The number of hydrogen-bond acceptors (Lipinski definition) is 4. The minimum Gasteiger partial charge on any atom is -0.349 e. The number of nitrogens with two attached hydrogens (primary N) is 1. The van der Waals surface area contributed by atoms with Crippen molar-refractivity contribution in [3.8, 4) is 0 Å². The molecular weight excluding hydrogens is 414 g/mol. The van der Waals surface area contributed by atoms with Gasteiger partial charge in [-0.2, -0.15) is 0 Å². The Morgan fingerprint density at radius 3 is 2.84 bits per heavy atom. The molecule has 0 spiro atoms. The van der Waals surface area contributed by atoms with Gasteiger partial charge in [0.25, 0.3) is 5.91 Å². The number of carbonyl (C=O) groups is 2. The van der Waals surface area contributed by atoms with Crippen molar-refractivity contribution in [1.82, 2.24) is 19.6 Å². The van der Waals surface area contributed by atoms with Crippen molar-refractivity contribution in [3.05, 3.63) is 71.3 Å². The number of hydrogen-bond donors (Lipinski definition) is 2. The number of amides is 2. The fourth-order valence-electron chi connectivity index (χ4n) is 4.39. The first kappa shape index (κ1) is 20.0. The molecule has 5 rings (SSSR count). The van der Waals surface area contributed by atoms with Gasteiger partial charge in [0.15, 0.2) is 0 Å². The lowest BCUT2D eigenvalue weighted by molar-refractivity contribution is -0.124. The largest absolute Gasteiger partial charge is 0.349 e. The number of carbonyl (C=O) groups excluding carboxylic acids is 2. The summed E-state index contributed by atoms with van der Waals surface area (Å²) in [5, 5.41) is 3.80. The molecule has 3 heterocycles. The van der Waals surface area contributed by atoms with Gasteiger partial charge in [0.2, 0.25) is 5.91 Å².